The first-order chi connectivity index (χ1) is 12.2. The number of anilines is 1. The number of nitrogens with one attached hydrogen (secondary N) is 2. The highest BCUT2D eigenvalue weighted by atomic mass is 19.2. The maximum atomic E-state index is 13.7. The predicted molar refractivity (Wildman–Crippen MR) is 92.2 cm³/mol. The Morgan fingerprint density at radius 2 is 1.69 bits per heavy atom. The molecular weight excluding hydrogens is 345 g/mol. The van der Waals surface area contributed by atoms with Crippen molar-refractivity contribution in [1.82, 2.24) is 5.32 Å². The Hall–Kier alpha value is -2.83. The standard InChI is InChI=1S/C19H19F3N2O2/c1-10(2)17(24-18(25)12-6-4-5-11(3)9-12)19(26)23-14-8-7-13(20)15(21)16(14)22/h4-10,17H,1-3H3,(H,23,26)(H,24,25)/t17-/m0/s1. The quantitative estimate of drug-likeness (QED) is 0.793. The molecular formula is C19H19F3N2O2. The van der Waals surface area contributed by atoms with Crippen molar-refractivity contribution in [1.29, 1.82) is 0 Å². The van der Waals surface area contributed by atoms with E-state index in [0.29, 0.717) is 11.6 Å². The topological polar surface area (TPSA) is 58.2 Å². The van der Waals surface area contributed by atoms with Gasteiger partial charge in [0.05, 0.1) is 5.69 Å². The SMILES string of the molecule is Cc1cccc(C(=O)N[C@H](C(=O)Nc2ccc(F)c(F)c2F)C(C)C)c1. The maximum Gasteiger partial charge on any atom is 0.251 e. The van der Waals surface area contributed by atoms with Crippen molar-refractivity contribution in [3.05, 3.63) is 65.0 Å². The Morgan fingerprint density at radius 3 is 2.31 bits per heavy atom. The zero-order valence-corrected chi connectivity index (χ0v) is 14.6. The molecule has 2 aromatic rings. The summed E-state index contributed by atoms with van der Waals surface area (Å²) in [6.45, 7) is 5.22. The highest BCUT2D eigenvalue weighted by Crippen LogP contribution is 2.20. The van der Waals surface area contributed by atoms with Gasteiger partial charge in [-0.25, -0.2) is 13.2 Å². The number of amides is 2. The molecule has 0 spiro atoms. The summed E-state index contributed by atoms with van der Waals surface area (Å²) in [5.41, 5.74) is 0.763. The van der Waals surface area contributed by atoms with E-state index in [1.807, 2.05) is 13.0 Å². The second-order valence-corrected chi connectivity index (χ2v) is 6.28. The van der Waals surface area contributed by atoms with E-state index < -0.39 is 41.0 Å². The fourth-order valence-electron chi connectivity index (χ4n) is 2.38. The summed E-state index contributed by atoms with van der Waals surface area (Å²) in [6.07, 6.45) is 0. The lowest BCUT2D eigenvalue weighted by molar-refractivity contribution is -0.118. The van der Waals surface area contributed by atoms with Gasteiger partial charge in [0.2, 0.25) is 5.91 Å². The molecule has 0 aliphatic carbocycles. The molecule has 1 atom stereocenters. The van der Waals surface area contributed by atoms with Crippen LogP contribution in [-0.2, 0) is 4.79 Å². The van der Waals surface area contributed by atoms with Gasteiger partial charge in [0.25, 0.3) is 5.91 Å². The number of carbonyl (C=O) groups is 2. The van der Waals surface area contributed by atoms with Crippen molar-refractivity contribution in [3.8, 4) is 0 Å². The summed E-state index contributed by atoms with van der Waals surface area (Å²) in [7, 11) is 0. The van der Waals surface area contributed by atoms with E-state index in [-0.39, 0.29) is 5.92 Å². The number of benzene rings is 2. The van der Waals surface area contributed by atoms with Crippen LogP contribution >= 0.6 is 0 Å². The predicted octanol–water partition coefficient (Wildman–Crippen LogP) is 3.81. The largest absolute Gasteiger partial charge is 0.340 e. The van der Waals surface area contributed by atoms with Crippen LogP contribution in [0.3, 0.4) is 0 Å². The molecule has 4 nitrogen and oxygen atoms in total. The van der Waals surface area contributed by atoms with Crippen LogP contribution in [0.25, 0.3) is 0 Å². The molecule has 0 radical (unpaired) electrons. The number of hydrogen-bond acceptors (Lipinski definition) is 2. The normalized spacial score (nSPS) is 12.0. The van der Waals surface area contributed by atoms with Gasteiger partial charge in [-0.1, -0.05) is 31.5 Å². The summed E-state index contributed by atoms with van der Waals surface area (Å²) in [4.78, 5) is 24.8. The Kier molecular flexibility index (Phi) is 6.02. The lowest BCUT2D eigenvalue weighted by Crippen LogP contribution is -2.47. The minimum atomic E-state index is -1.67. The Labute approximate surface area is 149 Å². The summed E-state index contributed by atoms with van der Waals surface area (Å²) in [6, 6.07) is 7.46. The fraction of sp³-hybridized carbons (Fsp3) is 0.263. The van der Waals surface area contributed by atoms with Crippen LogP contribution in [0.1, 0.15) is 29.8 Å². The van der Waals surface area contributed by atoms with Crippen LogP contribution in [-0.4, -0.2) is 17.9 Å². The van der Waals surface area contributed by atoms with Crippen LogP contribution < -0.4 is 10.6 Å². The molecule has 0 aliphatic heterocycles. The van der Waals surface area contributed by atoms with E-state index in [2.05, 4.69) is 10.6 Å². The molecule has 138 valence electrons. The van der Waals surface area contributed by atoms with E-state index in [9.17, 15) is 22.8 Å². The third-order valence-corrected chi connectivity index (χ3v) is 3.81. The number of rotatable bonds is 5. The van der Waals surface area contributed by atoms with Crippen LogP contribution in [0.5, 0.6) is 0 Å². The maximum absolute atomic E-state index is 13.7. The zero-order chi connectivity index (χ0) is 19.4. The summed E-state index contributed by atoms with van der Waals surface area (Å²) >= 11 is 0. The van der Waals surface area contributed by atoms with E-state index in [1.54, 1.807) is 32.0 Å². The first-order valence-electron chi connectivity index (χ1n) is 8.02. The second kappa shape index (κ2) is 8.03. The first-order valence-corrected chi connectivity index (χ1v) is 8.02. The van der Waals surface area contributed by atoms with Gasteiger partial charge in [-0.2, -0.15) is 0 Å². The van der Waals surface area contributed by atoms with E-state index in [4.69, 9.17) is 0 Å². The third-order valence-electron chi connectivity index (χ3n) is 3.81. The van der Waals surface area contributed by atoms with Gasteiger partial charge >= 0.3 is 0 Å². The third kappa shape index (κ3) is 4.41. The molecule has 0 bridgehead atoms. The smallest absolute Gasteiger partial charge is 0.251 e. The van der Waals surface area contributed by atoms with Gasteiger partial charge in [-0.3, -0.25) is 9.59 Å². The van der Waals surface area contributed by atoms with Gasteiger partial charge in [0, 0.05) is 5.56 Å². The lowest BCUT2D eigenvalue weighted by Gasteiger charge is -2.22. The highest BCUT2D eigenvalue weighted by molar-refractivity contribution is 6.01. The number of halogens is 3. The summed E-state index contributed by atoms with van der Waals surface area (Å²) in [5, 5.41) is 4.78. The molecule has 26 heavy (non-hydrogen) atoms. The van der Waals surface area contributed by atoms with Gasteiger partial charge in [-0.15, -0.1) is 0 Å². The molecule has 0 aromatic heterocycles. The molecule has 2 rings (SSSR count). The molecule has 2 N–H and O–H groups in total. The molecule has 7 heteroatoms. The molecule has 2 amide bonds. The van der Waals surface area contributed by atoms with Crippen molar-refractivity contribution < 1.29 is 22.8 Å². The molecule has 0 saturated carbocycles. The zero-order valence-electron chi connectivity index (χ0n) is 14.6. The Balaban J connectivity index is 2.18. The number of hydrogen-bond donors (Lipinski definition) is 2. The van der Waals surface area contributed by atoms with Gasteiger partial charge in [-0.05, 0) is 37.1 Å². The van der Waals surface area contributed by atoms with Crippen molar-refractivity contribution in [2.45, 2.75) is 26.8 Å². The summed E-state index contributed by atoms with van der Waals surface area (Å²) < 4.78 is 40.0. The van der Waals surface area contributed by atoms with Gasteiger partial charge in [0.1, 0.15) is 6.04 Å². The second-order valence-electron chi connectivity index (χ2n) is 6.28. The lowest BCUT2D eigenvalue weighted by atomic mass is 10.0. The molecule has 0 fully saturated rings. The molecule has 0 heterocycles. The van der Waals surface area contributed by atoms with Crippen LogP contribution in [0.15, 0.2) is 36.4 Å². The van der Waals surface area contributed by atoms with Crippen molar-refractivity contribution >= 4 is 17.5 Å². The van der Waals surface area contributed by atoms with Crippen molar-refractivity contribution in [2.24, 2.45) is 5.92 Å². The molecule has 2 aromatic carbocycles. The Morgan fingerprint density at radius 1 is 1.00 bits per heavy atom. The average molecular weight is 364 g/mol. The van der Waals surface area contributed by atoms with Gasteiger partial charge in [0.15, 0.2) is 17.5 Å². The molecule has 0 aliphatic rings. The number of aryl methyl sites for hydroxylation is 1. The van der Waals surface area contributed by atoms with E-state index in [1.165, 1.54) is 0 Å². The first kappa shape index (κ1) is 19.5. The average Bonchev–Trinajstić information content (AvgIpc) is 2.59. The summed E-state index contributed by atoms with van der Waals surface area (Å²) in [5.74, 6) is -6.04. The van der Waals surface area contributed by atoms with Crippen LogP contribution in [0, 0.1) is 30.3 Å². The van der Waals surface area contributed by atoms with Crippen molar-refractivity contribution in [3.63, 3.8) is 0 Å². The highest BCUT2D eigenvalue weighted by Gasteiger charge is 2.26. The van der Waals surface area contributed by atoms with Crippen LogP contribution in [0.2, 0.25) is 0 Å². The molecule has 0 unspecified atom stereocenters. The monoisotopic (exact) mass is 364 g/mol. The molecule has 0 saturated heterocycles. The minimum Gasteiger partial charge on any atom is -0.340 e. The van der Waals surface area contributed by atoms with Crippen molar-refractivity contribution in [2.75, 3.05) is 5.32 Å². The number of carbonyl (C=O) groups excluding carboxylic acids is 2. The fourth-order valence-corrected chi connectivity index (χ4v) is 2.38. The minimum absolute atomic E-state index is 0.322. The Bertz CT molecular complexity index is 838. The van der Waals surface area contributed by atoms with Gasteiger partial charge < -0.3 is 10.6 Å². The van der Waals surface area contributed by atoms with E-state index in [0.717, 1.165) is 11.6 Å². The van der Waals surface area contributed by atoms with E-state index >= 15 is 0 Å². The van der Waals surface area contributed by atoms with Crippen LogP contribution in [0.4, 0.5) is 18.9 Å².